The third-order valence-corrected chi connectivity index (χ3v) is 6.18. The second-order valence-electron chi connectivity index (χ2n) is 8.74. The normalized spacial score (nSPS) is 23.1. The molecule has 160 valence electrons. The highest BCUT2D eigenvalue weighted by molar-refractivity contribution is 5.74. The Kier molecular flexibility index (Phi) is 7.38. The number of amides is 2. The van der Waals surface area contributed by atoms with E-state index in [0.29, 0.717) is 0 Å². The highest BCUT2D eigenvalue weighted by Crippen LogP contribution is 2.15. The molecule has 2 aromatic rings. The minimum Gasteiger partial charge on any atom is -0.334 e. The summed E-state index contributed by atoms with van der Waals surface area (Å²) < 4.78 is 0. The lowest BCUT2D eigenvalue weighted by Gasteiger charge is -2.35. The smallest absolute Gasteiger partial charge is 0.315 e. The molecule has 0 spiro atoms. The predicted molar refractivity (Wildman–Crippen MR) is 121 cm³/mol. The molecule has 2 N–H and O–H groups in total. The van der Waals surface area contributed by atoms with Crippen molar-refractivity contribution >= 4 is 6.03 Å². The molecule has 0 saturated carbocycles. The van der Waals surface area contributed by atoms with E-state index >= 15 is 0 Å². The molecule has 4 rings (SSSR count). The molecule has 0 aliphatic carbocycles. The summed E-state index contributed by atoms with van der Waals surface area (Å²) in [5.74, 6) is 0. The number of nitrogens with zero attached hydrogens (tertiary/aromatic N) is 2. The summed E-state index contributed by atoms with van der Waals surface area (Å²) in [6.07, 6.45) is 4.38. The van der Waals surface area contributed by atoms with Crippen LogP contribution in [0.25, 0.3) is 0 Å². The zero-order valence-corrected chi connectivity index (χ0v) is 17.8. The van der Waals surface area contributed by atoms with E-state index in [1.54, 1.807) is 0 Å². The molecule has 2 heterocycles. The second kappa shape index (κ2) is 10.6. The van der Waals surface area contributed by atoms with Crippen molar-refractivity contribution in [1.82, 2.24) is 20.4 Å². The van der Waals surface area contributed by atoms with Gasteiger partial charge in [0.25, 0.3) is 0 Å². The van der Waals surface area contributed by atoms with E-state index in [-0.39, 0.29) is 18.1 Å². The molecule has 0 bridgehead atoms. The van der Waals surface area contributed by atoms with Crippen molar-refractivity contribution in [1.29, 1.82) is 0 Å². The molecule has 2 amide bonds. The molecule has 0 aromatic heterocycles. The van der Waals surface area contributed by atoms with E-state index < -0.39 is 0 Å². The number of rotatable bonds is 6. The van der Waals surface area contributed by atoms with Crippen molar-refractivity contribution in [3.05, 3.63) is 71.8 Å². The van der Waals surface area contributed by atoms with Gasteiger partial charge in [-0.05, 0) is 49.9 Å². The topological polar surface area (TPSA) is 47.6 Å². The average Bonchev–Trinajstić information content (AvgIpc) is 2.76. The number of nitrogens with one attached hydrogen (secondary N) is 2. The number of likely N-dealkylation sites (tertiary alicyclic amines) is 2. The fraction of sp³-hybridized carbons (Fsp3) is 0.480. The highest BCUT2D eigenvalue weighted by Gasteiger charge is 2.24. The Bertz CT molecular complexity index is 717. The summed E-state index contributed by atoms with van der Waals surface area (Å²) in [4.78, 5) is 17.6. The van der Waals surface area contributed by atoms with Crippen LogP contribution >= 0.6 is 0 Å². The molecule has 2 aliphatic heterocycles. The summed E-state index contributed by atoms with van der Waals surface area (Å²) in [7, 11) is 0. The van der Waals surface area contributed by atoms with Crippen LogP contribution in [0.15, 0.2) is 60.7 Å². The maximum Gasteiger partial charge on any atom is 0.315 e. The molecule has 2 aliphatic rings. The molecule has 5 heteroatoms. The van der Waals surface area contributed by atoms with Gasteiger partial charge >= 0.3 is 6.03 Å². The number of benzene rings is 2. The number of urea groups is 1. The molecule has 5 nitrogen and oxygen atoms in total. The first-order chi connectivity index (χ1) is 14.7. The monoisotopic (exact) mass is 406 g/mol. The van der Waals surface area contributed by atoms with Gasteiger partial charge in [0.15, 0.2) is 0 Å². The number of piperidine rings is 2. The lowest BCUT2D eigenvalue weighted by molar-refractivity contribution is 0.167. The first-order valence-electron chi connectivity index (χ1n) is 11.3. The van der Waals surface area contributed by atoms with Gasteiger partial charge in [-0.3, -0.25) is 9.80 Å². The average molecular weight is 407 g/mol. The standard InChI is InChI=1S/C25H34N4O/c30-25(26-23-13-7-15-28(19-23)17-21-9-3-1-4-10-21)27-24-14-8-16-29(20-24)18-22-11-5-2-6-12-22/h1-6,9-12,23-24H,7-8,13-20H2,(H2,26,27,30)/t23-,24-/m1/s1. The minimum atomic E-state index is -0.00637. The second-order valence-corrected chi connectivity index (χ2v) is 8.74. The van der Waals surface area contributed by atoms with Crippen LogP contribution in [-0.2, 0) is 13.1 Å². The summed E-state index contributed by atoms with van der Waals surface area (Å²) >= 11 is 0. The quantitative estimate of drug-likeness (QED) is 0.770. The first kappa shape index (κ1) is 20.9. The Labute approximate surface area is 180 Å². The van der Waals surface area contributed by atoms with Crippen LogP contribution in [0, 0.1) is 0 Å². The third kappa shape index (κ3) is 6.31. The van der Waals surface area contributed by atoms with Crippen LogP contribution in [-0.4, -0.2) is 54.1 Å². The van der Waals surface area contributed by atoms with Crippen LogP contribution in [0.3, 0.4) is 0 Å². The summed E-state index contributed by atoms with van der Waals surface area (Å²) in [6, 6.07) is 21.6. The van der Waals surface area contributed by atoms with Crippen molar-refractivity contribution in [3.8, 4) is 0 Å². The van der Waals surface area contributed by atoms with E-state index in [2.05, 4.69) is 81.1 Å². The maximum atomic E-state index is 12.7. The van der Waals surface area contributed by atoms with E-state index in [0.717, 1.165) is 65.0 Å². The van der Waals surface area contributed by atoms with Gasteiger partial charge in [-0.1, -0.05) is 60.7 Å². The van der Waals surface area contributed by atoms with Gasteiger partial charge in [0.1, 0.15) is 0 Å². The summed E-state index contributed by atoms with van der Waals surface area (Å²) in [5.41, 5.74) is 2.67. The van der Waals surface area contributed by atoms with Gasteiger partial charge in [-0.2, -0.15) is 0 Å². The number of hydrogen-bond acceptors (Lipinski definition) is 3. The van der Waals surface area contributed by atoms with E-state index in [4.69, 9.17) is 0 Å². The van der Waals surface area contributed by atoms with Crippen molar-refractivity contribution in [2.75, 3.05) is 26.2 Å². The third-order valence-electron chi connectivity index (χ3n) is 6.18. The Morgan fingerprint density at radius 1 is 0.733 bits per heavy atom. The van der Waals surface area contributed by atoms with E-state index in [9.17, 15) is 4.79 Å². The van der Waals surface area contributed by atoms with Gasteiger partial charge < -0.3 is 10.6 Å². The van der Waals surface area contributed by atoms with Gasteiger partial charge in [0, 0.05) is 38.3 Å². The van der Waals surface area contributed by atoms with Gasteiger partial charge in [0.2, 0.25) is 0 Å². The molecule has 30 heavy (non-hydrogen) atoms. The zero-order valence-electron chi connectivity index (χ0n) is 17.8. The van der Waals surface area contributed by atoms with Crippen LogP contribution in [0.4, 0.5) is 4.79 Å². The van der Waals surface area contributed by atoms with Crippen LogP contribution in [0.1, 0.15) is 36.8 Å². The molecule has 2 fully saturated rings. The van der Waals surface area contributed by atoms with Crippen molar-refractivity contribution in [2.24, 2.45) is 0 Å². The number of hydrogen-bond donors (Lipinski definition) is 2. The van der Waals surface area contributed by atoms with Crippen LogP contribution < -0.4 is 10.6 Å². The summed E-state index contributed by atoms with van der Waals surface area (Å²) in [5, 5.41) is 6.47. The van der Waals surface area contributed by atoms with E-state index in [1.165, 1.54) is 11.1 Å². The molecular weight excluding hydrogens is 372 g/mol. The Morgan fingerprint density at radius 2 is 1.17 bits per heavy atom. The number of carbonyl (C=O) groups excluding carboxylic acids is 1. The SMILES string of the molecule is O=C(N[C@@H]1CCCN(Cc2ccccc2)C1)N[C@@H]1CCCN(Cc2ccccc2)C1. The fourth-order valence-corrected chi connectivity index (χ4v) is 4.73. The lowest BCUT2D eigenvalue weighted by Crippen LogP contribution is -2.54. The van der Waals surface area contributed by atoms with Crippen LogP contribution in [0.2, 0.25) is 0 Å². The van der Waals surface area contributed by atoms with Crippen molar-refractivity contribution < 1.29 is 4.79 Å². The lowest BCUT2D eigenvalue weighted by atomic mass is 10.0. The molecule has 2 aromatic carbocycles. The fourth-order valence-electron chi connectivity index (χ4n) is 4.73. The van der Waals surface area contributed by atoms with Crippen LogP contribution in [0.5, 0.6) is 0 Å². The van der Waals surface area contributed by atoms with E-state index in [1.807, 2.05) is 0 Å². The predicted octanol–water partition coefficient (Wildman–Crippen LogP) is 3.61. The molecule has 2 saturated heterocycles. The Hall–Kier alpha value is -2.37. The Balaban J connectivity index is 1.22. The Morgan fingerprint density at radius 3 is 1.60 bits per heavy atom. The summed E-state index contributed by atoms with van der Waals surface area (Å²) in [6.45, 7) is 5.97. The zero-order chi connectivity index (χ0) is 20.6. The first-order valence-corrected chi connectivity index (χ1v) is 11.3. The minimum absolute atomic E-state index is 0.00637. The maximum absolute atomic E-state index is 12.7. The van der Waals surface area contributed by atoms with Gasteiger partial charge in [0.05, 0.1) is 0 Å². The molecule has 2 atom stereocenters. The largest absolute Gasteiger partial charge is 0.334 e. The molecule has 0 unspecified atom stereocenters. The molecule has 0 radical (unpaired) electrons. The van der Waals surface area contributed by atoms with Crippen molar-refractivity contribution in [2.45, 2.75) is 50.9 Å². The number of carbonyl (C=O) groups is 1. The highest BCUT2D eigenvalue weighted by atomic mass is 16.2. The molecular formula is C25H34N4O. The van der Waals surface area contributed by atoms with Gasteiger partial charge in [-0.15, -0.1) is 0 Å². The van der Waals surface area contributed by atoms with Crippen molar-refractivity contribution in [3.63, 3.8) is 0 Å². The van der Waals surface area contributed by atoms with Gasteiger partial charge in [-0.25, -0.2) is 4.79 Å².